The van der Waals surface area contributed by atoms with Crippen LogP contribution in [-0.2, 0) is 11.3 Å². The lowest BCUT2D eigenvalue weighted by atomic mass is 10.1. The van der Waals surface area contributed by atoms with Crippen molar-refractivity contribution in [2.75, 3.05) is 0 Å². The van der Waals surface area contributed by atoms with Crippen LogP contribution in [0.1, 0.15) is 41.9 Å². The second-order valence-corrected chi connectivity index (χ2v) is 4.79. The maximum Gasteiger partial charge on any atom is 0.282 e. The van der Waals surface area contributed by atoms with Crippen LogP contribution in [0.5, 0.6) is 0 Å². The zero-order chi connectivity index (χ0) is 16.9. The van der Waals surface area contributed by atoms with Gasteiger partial charge < -0.3 is 16.8 Å². The highest BCUT2D eigenvalue weighted by Gasteiger charge is 2.21. The molecule has 1 rings (SSSR count). The van der Waals surface area contributed by atoms with Crippen LogP contribution in [0.2, 0.25) is 0 Å². The molecule has 1 aromatic rings. The van der Waals surface area contributed by atoms with E-state index in [2.05, 4.69) is 15.3 Å². The molecule has 0 aliphatic heterocycles. The summed E-state index contributed by atoms with van der Waals surface area (Å²) in [5.41, 5.74) is 9.40. The van der Waals surface area contributed by atoms with Crippen molar-refractivity contribution < 1.29 is 18.4 Å². The molecule has 7 nitrogen and oxygen atoms in total. The number of nitrogens with two attached hydrogens (primary N) is 2. The third kappa shape index (κ3) is 4.76. The molecule has 5 N–H and O–H groups in total. The molecule has 1 heterocycles. The molecule has 0 unspecified atom stereocenters. The highest BCUT2D eigenvalue weighted by Crippen LogP contribution is 2.22. The fraction of sp³-hybridized carbons (Fsp3) is 0.385. The van der Waals surface area contributed by atoms with Gasteiger partial charge in [0.1, 0.15) is 5.69 Å². The van der Waals surface area contributed by atoms with E-state index in [9.17, 15) is 18.4 Å². The molecule has 0 aromatic carbocycles. The zero-order valence-corrected chi connectivity index (χ0v) is 12.1. The van der Waals surface area contributed by atoms with Crippen molar-refractivity contribution in [1.29, 1.82) is 0 Å². The maximum absolute atomic E-state index is 12.9. The molecule has 120 valence electrons. The average Bonchev–Trinajstić information content (AvgIpc) is 2.43. The van der Waals surface area contributed by atoms with Gasteiger partial charge >= 0.3 is 0 Å². The van der Waals surface area contributed by atoms with Gasteiger partial charge in [-0.3, -0.25) is 14.6 Å². The summed E-state index contributed by atoms with van der Waals surface area (Å²) in [5.74, 6) is -1.99. The first kappa shape index (κ1) is 17.5. The minimum absolute atomic E-state index is 0.0512. The SMILES string of the molecule is CC(C)C(=O)NCc1cnc(C(F)F)c(C(=O)N=C(N)N)c1. The molecule has 0 saturated carbocycles. The van der Waals surface area contributed by atoms with Crippen LogP contribution in [0.3, 0.4) is 0 Å². The molecule has 0 aliphatic carbocycles. The van der Waals surface area contributed by atoms with Crippen molar-refractivity contribution in [3.05, 3.63) is 29.1 Å². The maximum atomic E-state index is 12.9. The number of amides is 2. The number of pyridine rings is 1. The highest BCUT2D eigenvalue weighted by molar-refractivity contribution is 6.02. The molecule has 0 bridgehead atoms. The Balaban J connectivity index is 3.07. The number of aliphatic imine (C=N–C) groups is 1. The minimum atomic E-state index is -2.95. The summed E-state index contributed by atoms with van der Waals surface area (Å²) in [6.07, 6.45) is -1.79. The van der Waals surface area contributed by atoms with E-state index in [4.69, 9.17) is 11.5 Å². The van der Waals surface area contributed by atoms with Crippen LogP contribution in [0, 0.1) is 5.92 Å². The quantitative estimate of drug-likeness (QED) is 0.545. The molecule has 22 heavy (non-hydrogen) atoms. The van der Waals surface area contributed by atoms with Gasteiger partial charge in [0.05, 0.1) is 5.56 Å². The Bertz CT molecular complexity index is 598. The van der Waals surface area contributed by atoms with E-state index in [1.54, 1.807) is 13.8 Å². The molecular weight excluding hydrogens is 296 g/mol. The number of rotatable bonds is 5. The van der Waals surface area contributed by atoms with Gasteiger partial charge in [0, 0.05) is 18.7 Å². The predicted molar refractivity (Wildman–Crippen MR) is 76.0 cm³/mol. The number of nitrogens with zero attached hydrogens (tertiary/aromatic N) is 2. The van der Waals surface area contributed by atoms with E-state index in [0.29, 0.717) is 5.56 Å². The number of nitrogens with one attached hydrogen (secondary N) is 1. The number of carbonyl (C=O) groups is 2. The van der Waals surface area contributed by atoms with Crippen LogP contribution in [0.15, 0.2) is 17.3 Å². The van der Waals surface area contributed by atoms with E-state index in [1.165, 1.54) is 6.07 Å². The lowest BCUT2D eigenvalue weighted by Crippen LogP contribution is -2.27. The topological polar surface area (TPSA) is 123 Å². The van der Waals surface area contributed by atoms with Crippen molar-refractivity contribution in [2.45, 2.75) is 26.8 Å². The monoisotopic (exact) mass is 313 g/mol. The van der Waals surface area contributed by atoms with Gasteiger partial charge in [-0.2, -0.15) is 4.99 Å². The normalized spacial score (nSPS) is 10.6. The van der Waals surface area contributed by atoms with Crippen LogP contribution < -0.4 is 16.8 Å². The average molecular weight is 313 g/mol. The number of alkyl halides is 2. The summed E-state index contributed by atoms with van der Waals surface area (Å²) in [6, 6.07) is 1.18. The van der Waals surface area contributed by atoms with E-state index >= 15 is 0 Å². The lowest BCUT2D eigenvalue weighted by molar-refractivity contribution is -0.124. The first-order chi connectivity index (χ1) is 10.2. The Morgan fingerprint density at radius 2 is 2.00 bits per heavy atom. The first-order valence-electron chi connectivity index (χ1n) is 6.41. The number of aromatic nitrogens is 1. The van der Waals surface area contributed by atoms with Crippen LogP contribution >= 0.6 is 0 Å². The molecule has 1 aromatic heterocycles. The Morgan fingerprint density at radius 3 is 2.50 bits per heavy atom. The molecule has 0 aliphatic rings. The Morgan fingerprint density at radius 1 is 1.36 bits per heavy atom. The van der Waals surface area contributed by atoms with Gasteiger partial charge in [-0.05, 0) is 11.6 Å². The van der Waals surface area contributed by atoms with E-state index in [-0.39, 0.29) is 18.4 Å². The van der Waals surface area contributed by atoms with Crippen molar-refractivity contribution >= 4 is 17.8 Å². The van der Waals surface area contributed by atoms with Crippen molar-refractivity contribution in [1.82, 2.24) is 10.3 Å². The fourth-order valence-electron chi connectivity index (χ4n) is 1.53. The summed E-state index contributed by atoms with van der Waals surface area (Å²) in [7, 11) is 0. The van der Waals surface area contributed by atoms with E-state index in [1.807, 2.05) is 0 Å². The molecule has 0 radical (unpaired) electrons. The largest absolute Gasteiger partial charge is 0.370 e. The highest BCUT2D eigenvalue weighted by atomic mass is 19.3. The van der Waals surface area contributed by atoms with Gasteiger partial charge in [0.2, 0.25) is 5.91 Å². The molecule has 0 atom stereocenters. The van der Waals surface area contributed by atoms with Crippen LogP contribution in [0.25, 0.3) is 0 Å². The molecule has 0 spiro atoms. The molecule has 9 heteroatoms. The fourth-order valence-corrected chi connectivity index (χ4v) is 1.53. The standard InChI is InChI=1S/C13H17F2N5O2/c1-6(2)11(21)19-5-7-3-8(12(22)20-13(16)17)9(10(14)15)18-4-7/h3-4,6,10H,5H2,1-2H3,(H,19,21)(H4,16,17,20,22). The third-order valence-corrected chi connectivity index (χ3v) is 2.63. The molecule has 2 amide bonds. The van der Waals surface area contributed by atoms with Crippen molar-refractivity contribution in [3.8, 4) is 0 Å². The zero-order valence-electron chi connectivity index (χ0n) is 12.1. The number of halogens is 2. The third-order valence-electron chi connectivity index (χ3n) is 2.63. The summed E-state index contributed by atoms with van der Waals surface area (Å²) in [5, 5.41) is 2.59. The summed E-state index contributed by atoms with van der Waals surface area (Å²) in [6.45, 7) is 3.47. The molecule has 0 saturated heterocycles. The second kappa shape index (κ2) is 7.43. The van der Waals surface area contributed by atoms with Crippen molar-refractivity contribution in [3.63, 3.8) is 0 Å². The predicted octanol–water partition coefficient (Wildman–Crippen LogP) is 0.705. The minimum Gasteiger partial charge on any atom is -0.370 e. The van der Waals surface area contributed by atoms with Crippen LogP contribution in [0.4, 0.5) is 8.78 Å². The Hall–Kier alpha value is -2.58. The van der Waals surface area contributed by atoms with Gasteiger partial charge in [0.25, 0.3) is 12.3 Å². The van der Waals surface area contributed by atoms with E-state index < -0.39 is 29.5 Å². The van der Waals surface area contributed by atoms with Gasteiger partial charge in [0.15, 0.2) is 5.96 Å². The van der Waals surface area contributed by atoms with Crippen molar-refractivity contribution in [2.24, 2.45) is 22.4 Å². The number of carbonyl (C=O) groups excluding carboxylic acids is 2. The van der Waals surface area contributed by atoms with Crippen LogP contribution in [-0.4, -0.2) is 22.8 Å². The number of hydrogen-bond donors (Lipinski definition) is 3. The summed E-state index contributed by atoms with van der Waals surface area (Å²) in [4.78, 5) is 30.0. The Kier molecular flexibility index (Phi) is 5.90. The number of hydrogen-bond acceptors (Lipinski definition) is 3. The second-order valence-electron chi connectivity index (χ2n) is 4.79. The number of guanidine groups is 1. The lowest BCUT2D eigenvalue weighted by Gasteiger charge is -2.10. The first-order valence-corrected chi connectivity index (χ1v) is 6.41. The van der Waals surface area contributed by atoms with Gasteiger partial charge in [-0.25, -0.2) is 8.78 Å². The smallest absolute Gasteiger partial charge is 0.282 e. The van der Waals surface area contributed by atoms with Gasteiger partial charge in [-0.15, -0.1) is 0 Å². The summed E-state index contributed by atoms with van der Waals surface area (Å²) < 4.78 is 25.8. The summed E-state index contributed by atoms with van der Waals surface area (Å²) >= 11 is 0. The molecule has 0 fully saturated rings. The van der Waals surface area contributed by atoms with Gasteiger partial charge in [-0.1, -0.05) is 13.8 Å². The molecular formula is C13H17F2N5O2. The van der Waals surface area contributed by atoms with E-state index in [0.717, 1.165) is 6.20 Å². The Labute approximate surface area is 125 Å².